The zero-order valence-electron chi connectivity index (χ0n) is 17.5. The van der Waals surface area contributed by atoms with Crippen molar-refractivity contribution < 1.29 is 13.9 Å². The number of hydrogen-bond acceptors (Lipinski definition) is 4. The highest BCUT2D eigenvalue weighted by atomic mass is 79.9. The molecule has 0 amide bonds. The van der Waals surface area contributed by atoms with Crippen molar-refractivity contribution in [3.63, 3.8) is 0 Å². The van der Waals surface area contributed by atoms with E-state index in [0.29, 0.717) is 62.2 Å². The van der Waals surface area contributed by atoms with Gasteiger partial charge in [0.1, 0.15) is 24.3 Å². The Morgan fingerprint density at radius 2 is 1.91 bits per heavy atom. The van der Waals surface area contributed by atoms with Gasteiger partial charge in [0.2, 0.25) is 0 Å². The average Bonchev–Trinajstić information content (AvgIpc) is 3.22. The van der Waals surface area contributed by atoms with Crippen LogP contribution in [0.25, 0.3) is 22.7 Å². The number of nitriles is 1. The smallest absolute Gasteiger partial charge is 0.162 e. The van der Waals surface area contributed by atoms with Crippen molar-refractivity contribution in [1.82, 2.24) is 9.97 Å². The van der Waals surface area contributed by atoms with Crippen LogP contribution < -0.4 is 9.47 Å². The van der Waals surface area contributed by atoms with Gasteiger partial charge in [0.15, 0.2) is 11.5 Å². The van der Waals surface area contributed by atoms with Crippen LogP contribution in [0.2, 0.25) is 5.02 Å². The molecule has 1 N–H and O–H groups in total. The standard InChI is InChI=1S/C25H18BrClFN3O2/c1-2-32-23-10-16(20(26)12-24(23)33-14-15-3-5-18(27)6-4-15)9-17(13-29)25-30-21-8-7-19(28)11-22(21)31-25/h3-12H,2,14H2,1H3,(H,30,31)/b17-9-. The number of aromatic nitrogens is 2. The van der Waals surface area contributed by atoms with E-state index in [1.165, 1.54) is 12.1 Å². The SMILES string of the molecule is CCOc1cc(/C=C(/C#N)c2nc3ccc(F)cc3[nH]2)c(Br)cc1OCc1ccc(Cl)cc1. The number of hydrogen-bond donors (Lipinski definition) is 1. The molecule has 166 valence electrons. The number of imidazole rings is 1. The van der Waals surface area contributed by atoms with E-state index in [-0.39, 0.29) is 5.82 Å². The van der Waals surface area contributed by atoms with Gasteiger partial charge in [-0.3, -0.25) is 0 Å². The maximum absolute atomic E-state index is 13.5. The van der Waals surface area contributed by atoms with E-state index in [4.69, 9.17) is 21.1 Å². The molecule has 0 spiro atoms. The molecule has 0 atom stereocenters. The summed E-state index contributed by atoms with van der Waals surface area (Å²) < 4.78 is 26.0. The molecule has 0 saturated carbocycles. The van der Waals surface area contributed by atoms with Crippen molar-refractivity contribution in [2.75, 3.05) is 6.61 Å². The molecule has 1 heterocycles. The zero-order valence-corrected chi connectivity index (χ0v) is 19.9. The topological polar surface area (TPSA) is 70.9 Å². The number of benzene rings is 3. The van der Waals surface area contributed by atoms with Crippen LogP contribution in [0, 0.1) is 17.1 Å². The lowest BCUT2D eigenvalue weighted by Crippen LogP contribution is -2.00. The molecule has 0 bridgehead atoms. The predicted molar refractivity (Wildman–Crippen MR) is 131 cm³/mol. The van der Waals surface area contributed by atoms with E-state index < -0.39 is 0 Å². The van der Waals surface area contributed by atoms with Crippen molar-refractivity contribution in [2.45, 2.75) is 13.5 Å². The summed E-state index contributed by atoms with van der Waals surface area (Å²) in [5, 5.41) is 10.4. The summed E-state index contributed by atoms with van der Waals surface area (Å²) in [7, 11) is 0. The van der Waals surface area contributed by atoms with E-state index in [9.17, 15) is 9.65 Å². The summed E-state index contributed by atoms with van der Waals surface area (Å²) in [6.07, 6.45) is 1.68. The Labute approximate surface area is 203 Å². The average molecular weight is 527 g/mol. The minimum absolute atomic E-state index is 0.296. The van der Waals surface area contributed by atoms with E-state index in [2.05, 4.69) is 32.0 Å². The summed E-state index contributed by atoms with van der Waals surface area (Å²) in [5.41, 5.74) is 3.07. The Kier molecular flexibility index (Phi) is 6.97. The fraction of sp³-hybridized carbons (Fsp3) is 0.120. The molecular weight excluding hydrogens is 509 g/mol. The molecule has 4 rings (SSSR count). The lowest BCUT2D eigenvalue weighted by Gasteiger charge is -2.14. The van der Waals surface area contributed by atoms with Crippen LogP contribution in [0.5, 0.6) is 11.5 Å². The Morgan fingerprint density at radius 1 is 1.15 bits per heavy atom. The van der Waals surface area contributed by atoms with Gasteiger partial charge in [-0.15, -0.1) is 0 Å². The molecule has 0 aliphatic heterocycles. The van der Waals surface area contributed by atoms with E-state index in [1.54, 1.807) is 24.3 Å². The molecule has 0 fully saturated rings. The number of nitrogens with one attached hydrogen (secondary N) is 1. The third kappa shape index (κ3) is 5.36. The third-order valence-electron chi connectivity index (χ3n) is 4.79. The molecule has 0 aliphatic carbocycles. The number of ether oxygens (including phenoxy) is 2. The molecule has 0 aliphatic rings. The summed E-state index contributed by atoms with van der Waals surface area (Å²) in [4.78, 5) is 7.40. The van der Waals surface area contributed by atoms with Gasteiger partial charge >= 0.3 is 0 Å². The monoisotopic (exact) mass is 525 g/mol. The molecule has 33 heavy (non-hydrogen) atoms. The summed E-state index contributed by atoms with van der Waals surface area (Å²) >= 11 is 9.50. The van der Waals surface area contributed by atoms with Crippen molar-refractivity contribution in [3.8, 4) is 17.6 Å². The van der Waals surface area contributed by atoms with Crippen molar-refractivity contribution in [2.24, 2.45) is 0 Å². The van der Waals surface area contributed by atoms with Gasteiger partial charge in [-0.1, -0.05) is 39.7 Å². The first-order chi connectivity index (χ1) is 16.0. The Morgan fingerprint density at radius 3 is 2.64 bits per heavy atom. The maximum atomic E-state index is 13.5. The molecule has 1 aromatic heterocycles. The van der Waals surface area contributed by atoms with Gasteiger partial charge in [-0.25, -0.2) is 9.37 Å². The van der Waals surface area contributed by atoms with Gasteiger partial charge in [0, 0.05) is 9.50 Å². The highest BCUT2D eigenvalue weighted by Gasteiger charge is 2.14. The van der Waals surface area contributed by atoms with E-state index in [1.807, 2.05) is 31.2 Å². The van der Waals surface area contributed by atoms with Crippen LogP contribution in [0.4, 0.5) is 4.39 Å². The number of fused-ring (bicyclic) bond motifs is 1. The minimum atomic E-state index is -0.376. The van der Waals surface area contributed by atoms with Gasteiger partial charge in [0.05, 0.1) is 23.2 Å². The number of halogens is 3. The predicted octanol–water partition coefficient (Wildman–Crippen LogP) is 7.16. The lowest BCUT2D eigenvalue weighted by molar-refractivity contribution is 0.269. The Balaban J connectivity index is 1.65. The largest absolute Gasteiger partial charge is 0.490 e. The van der Waals surface area contributed by atoms with Crippen LogP contribution in [0.1, 0.15) is 23.9 Å². The number of nitrogens with zero attached hydrogens (tertiary/aromatic N) is 2. The van der Waals surface area contributed by atoms with Gasteiger partial charge < -0.3 is 14.5 Å². The lowest BCUT2D eigenvalue weighted by atomic mass is 10.1. The van der Waals surface area contributed by atoms with Crippen LogP contribution in [0.15, 0.2) is 59.1 Å². The zero-order chi connectivity index (χ0) is 23.4. The Hall–Kier alpha value is -3.34. The summed E-state index contributed by atoms with van der Waals surface area (Å²) in [6.45, 7) is 2.68. The second kappa shape index (κ2) is 10.1. The highest BCUT2D eigenvalue weighted by Crippen LogP contribution is 2.36. The normalized spacial score (nSPS) is 11.4. The Bertz CT molecular complexity index is 1380. The second-order valence-corrected chi connectivity index (χ2v) is 8.38. The second-order valence-electron chi connectivity index (χ2n) is 7.09. The van der Waals surface area contributed by atoms with E-state index in [0.717, 1.165) is 5.56 Å². The molecule has 0 radical (unpaired) electrons. The first kappa shape index (κ1) is 22.8. The van der Waals surface area contributed by atoms with Gasteiger partial charge in [-0.05, 0) is 66.6 Å². The molecular formula is C25H18BrClFN3O2. The van der Waals surface area contributed by atoms with Crippen LogP contribution in [-0.4, -0.2) is 16.6 Å². The molecule has 8 heteroatoms. The molecule has 0 unspecified atom stereocenters. The summed E-state index contributed by atoms with van der Waals surface area (Å²) in [5.74, 6) is 1.09. The minimum Gasteiger partial charge on any atom is -0.490 e. The quantitative estimate of drug-likeness (QED) is 0.259. The number of rotatable bonds is 7. The van der Waals surface area contributed by atoms with Gasteiger partial charge in [0.25, 0.3) is 0 Å². The first-order valence-corrected chi connectivity index (χ1v) is 11.2. The van der Waals surface area contributed by atoms with Crippen molar-refractivity contribution in [1.29, 1.82) is 5.26 Å². The summed E-state index contributed by atoms with van der Waals surface area (Å²) in [6, 6.07) is 17.4. The fourth-order valence-electron chi connectivity index (χ4n) is 3.20. The first-order valence-electron chi connectivity index (χ1n) is 10.1. The third-order valence-corrected chi connectivity index (χ3v) is 5.73. The molecule has 5 nitrogen and oxygen atoms in total. The van der Waals surface area contributed by atoms with Crippen LogP contribution in [0.3, 0.4) is 0 Å². The number of aromatic amines is 1. The molecule has 4 aromatic rings. The van der Waals surface area contributed by atoms with Crippen LogP contribution in [-0.2, 0) is 6.61 Å². The molecule has 0 saturated heterocycles. The van der Waals surface area contributed by atoms with Crippen molar-refractivity contribution in [3.05, 3.63) is 86.9 Å². The van der Waals surface area contributed by atoms with Gasteiger partial charge in [-0.2, -0.15) is 5.26 Å². The number of allylic oxidation sites excluding steroid dienone is 1. The number of H-pyrrole nitrogens is 1. The maximum Gasteiger partial charge on any atom is 0.162 e. The molecule has 3 aromatic carbocycles. The highest BCUT2D eigenvalue weighted by molar-refractivity contribution is 9.10. The fourth-order valence-corrected chi connectivity index (χ4v) is 3.77. The van der Waals surface area contributed by atoms with Crippen molar-refractivity contribution >= 4 is 50.2 Å². The van der Waals surface area contributed by atoms with E-state index >= 15 is 0 Å². The van der Waals surface area contributed by atoms with Crippen LogP contribution >= 0.6 is 27.5 Å².